The van der Waals surface area contributed by atoms with E-state index in [-0.39, 0.29) is 6.10 Å². The molecule has 0 aromatic heterocycles. The van der Waals surface area contributed by atoms with Crippen LogP contribution in [0.2, 0.25) is 0 Å². The molecule has 62 valence electrons. The van der Waals surface area contributed by atoms with Crippen LogP contribution in [0.5, 0.6) is 0 Å². The van der Waals surface area contributed by atoms with Crippen molar-refractivity contribution in [3.8, 4) is 0 Å². The van der Waals surface area contributed by atoms with Gasteiger partial charge in [0.05, 0.1) is 0 Å². The maximum absolute atomic E-state index is 10.7. The van der Waals surface area contributed by atoms with E-state index in [9.17, 15) is 4.79 Å². The molecule has 1 atom stereocenters. The zero-order valence-electron chi connectivity index (χ0n) is 6.21. The van der Waals surface area contributed by atoms with Gasteiger partial charge in [-0.15, -0.1) is 0 Å². The van der Waals surface area contributed by atoms with Gasteiger partial charge in [-0.25, -0.2) is 4.79 Å². The fourth-order valence-electron chi connectivity index (χ4n) is 1.42. The molecule has 1 aliphatic carbocycles. The molecule has 1 saturated carbocycles. The highest BCUT2D eigenvalue weighted by Crippen LogP contribution is 2.31. The Morgan fingerprint density at radius 1 is 1.45 bits per heavy atom. The summed E-state index contributed by atoms with van der Waals surface area (Å²) in [6, 6.07) is 0. The van der Waals surface area contributed by atoms with Crippen LogP contribution in [0.3, 0.4) is 0 Å². The maximum Gasteiger partial charge on any atom is 0.431 e. The first-order valence-corrected chi connectivity index (χ1v) is 3.94. The Morgan fingerprint density at radius 2 is 2.27 bits per heavy atom. The first-order chi connectivity index (χ1) is 5.36. The number of hydroxylamine groups is 1. The molecule has 1 N–H and O–H groups in total. The van der Waals surface area contributed by atoms with E-state index in [1.165, 1.54) is 19.3 Å². The largest absolute Gasteiger partial charge is 0.442 e. The summed E-state index contributed by atoms with van der Waals surface area (Å²) in [4.78, 5) is 15.5. The van der Waals surface area contributed by atoms with Gasteiger partial charge in [-0.2, -0.15) is 5.48 Å². The molecule has 0 spiro atoms. The predicted molar refractivity (Wildman–Crippen MR) is 36.7 cm³/mol. The van der Waals surface area contributed by atoms with Crippen molar-refractivity contribution in [3.63, 3.8) is 0 Å². The number of nitrogens with one attached hydrogen (secondary N) is 1. The van der Waals surface area contributed by atoms with E-state index in [4.69, 9.17) is 9.57 Å². The number of amides is 1. The summed E-state index contributed by atoms with van der Waals surface area (Å²) in [5.41, 5.74) is 2.15. The zero-order valence-corrected chi connectivity index (χ0v) is 6.21. The zero-order chi connectivity index (χ0) is 7.68. The van der Waals surface area contributed by atoms with Crippen LogP contribution in [0.25, 0.3) is 0 Å². The van der Waals surface area contributed by atoms with Crippen LogP contribution in [0.15, 0.2) is 0 Å². The van der Waals surface area contributed by atoms with Gasteiger partial charge in [-0.1, -0.05) is 6.42 Å². The number of carbonyl (C=O) groups excluding carboxylic acids is 1. The summed E-state index contributed by atoms with van der Waals surface area (Å²) in [5.74, 6) is 0.543. The van der Waals surface area contributed by atoms with Crippen LogP contribution in [0.1, 0.15) is 19.3 Å². The first-order valence-electron chi connectivity index (χ1n) is 3.94. The smallest absolute Gasteiger partial charge is 0.431 e. The first kappa shape index (κ1) is 6.91. The third-order valence-electron chi connectivity index (χ3n) is 2.34. The topological polar surface area (TPSA) is 47.6 Å². The fraction of sp³-hybridized carbons (Fsp3) is 0.857. The van der Waals surface area contributed by atoms with Gasteiger partial charge in [-0.3, -0.25) is 4.84 Å². The van der Waals surface area contributed by atoms with Crippen molar-refractivity contribution in [2.75, 3.05) is 6.61 Å². The minimum Gasteiger partial charge on any atom is -0.442 e. The Bertz CT molecular complexity index is 167. The molecule has 0 bridgehead atoms. The molecule has 2 rings (SSSR count). The van der Waals surface area contributed by atoms with Crippen molar-refractivity contribution in [3.05, 3.63) is 0 Å². The number of hydrogen-bond donors (Lipinski definition) is 1. The molecule has 1 saturated heterocycles. The number of hydrogen-bond acceptors (Lipinski definition) is 3. The van der Waals surface area contributed by atoms with E-state index in [0.717, 1.165) is 0 Å². The molecule has 2 aliphatic rings. The van der Waals surface area contributed by atoms with Gasteiger partial charge in [-0.05, 0) is 18.8 Å². The van der Waals surface area contributed by atoms with Gasteiger partial charge in [0.15, 0.2) is 0 Å². The minimum absolute atomic E-state index is 0.00231. The van der Waals surface area contributed by atoms with E-state index < -0.39 is 6.09 Å². The molecule has 4 nitrogen and oxygen atoms in total. The normalized spacial score (nSPS) is 32.0. The summed E-state index contributed by atoms with van der Waals surface area (Å²) in [7, 11) is 0. The van der Waals surface area contributed by atoms with Gasteiger partial charge in [0.25, 0.3) is 0 Å². The second-order valence-corrected chi connectivity index (χ2v) is 3.05. The summed E-state index contributed by atoms with van der Waals surface area (Å²) < 4.78 is 5.02. The molecule has 1 heterocycles. The lowest BCUT2D eigenvalue weighted by atomic mass is 9.81. The van der Waals surface area contributed by atoms with Crippen molar-refractivity contribution in [2.24, 2.45) is 5.92 Å². The number of carbonyl (C=O) groups is 1. The van der Waals surface area contributed by atoms with Crippen LogP contribution in [0, 0.1) is 5.92 Å². The van der Waals surface area contributed by atoms with Crippen LogP contribution in [-0.2, 0) is 9.57 Å². The monoisotopic (exact) mass is 157 g/mol. The third-order valence-corrected chi connectivity index (χ3v) is 2.34. The molecular formula is C7H11NO3. The number of cyclic esters (lactones) is 1. The molecular weight excluding hydrogens is 146 g/mol. The molecule has 1 amide bonds. The number of ether oxygens (including phenoxy) is 1. The van der Waals surface area contributed by atoms with Crippen molar-refractivity contribution < 1.29 is 14.4 Å². The van der Waals surface area contributed by atoms with Crippen molar-refractivity contribution >= 4 is 6.09 Å². The van der Waals surface area contributed by atoms with Crippen LogP contribution < -0.4 is 5.48 Å². The highest BCUT2D eigenvalue weighted by Gasteiger charge is 2.32. The summed E-state index contributed by atoms with van der Waals surface area (Å²) in [6.45, 7) is 0.496. The fourth-order valence-corrected chi connectivity index (χ4v) is 1.42. The lowest BCUT2D eigenvalue weighted by Crippen LogP contribution is -2.45. The number of rotatable bonds is 1. The van der Waals surface area contributed by atoms with E-state index in [2.05, 4.69) is 5.48 Å². The van der Waals surface area contributed by atoms with Gasteiger partial charge in [0.1, 0.15) is 12.7 Å². The molecule has 1 aliphatic heterocycles. The van der Waals surface area contributed by atoms with Gasteiger partial charge in [0, 0.05) is 0 Å². The molecule has 0 aromatic carbocycles. The van der Waals surface area contributed by atoms with E-state index in [1.54, 1.807) is 0 Å². The van der Waals surface area contributed by atoms with E-state index in [1.807, 2.05) is 0 Å². The Kier molecular flexibility index (Phi) is 1.69. The molecule has 0 radical (unpaired) electrons. The average Bonchev–Trinajstić information content (AvgIpc) is 1.83. The standard InChI is InChI=1S/C7H11NO3/c9-7-8-10-4-6(11-7)5-2-1-3-5/h5-6H,1-4H2,(H,8,9). The van der Waals surface area contributed by atoms with Crippen molar-refractivity contribution in [2.45, 2.75) is 25.4 Å². The Morgan fingerprint density at radius 3 is 2.82 bits per heavy atom. The molecule has 2 fully saturated rings. The van der Waals surface area contributed by atoms with Gasteiger partial charge >= 0.3 is 6.09 Å². The summed E-state index contributed by atoms with van der Waals surface area (Å²) in [5, 5.41) is 0. The third kappa shape index (κ3) is 1.30. The second-order valence-electron chi connectivity index (χ2n) is 3.05. The van der Waals surface area contributed by atoms with E-state index >= 15 is 0 Å². The average molecular weight is 157 g/mol. The second kappa shape index (κ2) is 2.70. The van der Waals surface area contributed by atoms with Crippen molar-refractivity contribution in [1.82, 2.24) is 5.48 Å². The van der Waals surface area contributed by atoms with Crippen LogP contribution in [-0.4, -0.2) is 18.8 Å². The van der Waals surface area contributed by atoms with Crippen molar-refractivity contribution in [1.29, 1.82) is 0 Å². The van der Waals surface area contributed by atoms with Gasteiger partial charge in [0.2, 0.25) is 0 Å². The summed E-state index contributed by atoms with van der Waals surface area (Å²) in [6.07, 6.45) is 3.14. The maximum atomic E-state index is 10.7. The molecule has 4 heteroatoms. The summed E-state index contributed by atoms with van der Waals surface area (Å²) >= 11 is 0. The Hall–Kier alpha value is -0.770. The molecule has 11 heavy (non-hydrogen) atoms. The minimum atomic E-state index is -0.451. The predicted octanol–water partition coefficient (Wildman–Crippen LogP) is 0.827. The van der Waals surface area contributed by atoms with Gasteiger partial charge < -0.3 is 4.74 Å². The lowest BCUT2D eigenvalue weighted by molar-refractivity contribution is -0.102. The SMILES string of the molecule is O=C1NOCC(C2CCC2)O1. The Balaban J connectivity index is 1.87. The quantitative estimate of drug-likeness (QED) is 0.613. The molecule has 0 aromatic rings. The highest BCUT2D eigenvalue weighted by molar-refractivity contribution is 5.66. The van der Waals surface area contributed by atoms with E-state index in [0.29, 0.717) is 12.5 Å². The molecule has 1 unspecified atom stereocenters. The Labute approximate surface area is 64.8 Å². The highest BCUT2D eigenvalue weighted by atomic mass is 16.7. The van der Waals surface area contributed by atoms with Crippen LogP contribution in [0.4, 0.5) is 4.79 Å². The van der Waals surface area contributed by atoms with Crippen LogP contribution >= 0.6 is 0 Å². The lowest BCUT2D eigenvalue weighted by Gasteiger charge is -2.34.